The largest absolute Gasteiger partial charge is 0.494 e. The quantitative estimate of drug-likeness (QED) is 0.701. The maximum Gasteiger partial charge on any atom is 0.494 e. The first-order chi connectivity index (χ1) is 11.9. The van der Waals surface area contributed by atoms with Crippen molar-refractivity contribution in [3.63, 3.8) is 0 Å². The van der Waals surface area contributed by atoms with E-state index >= 15 is 0 Å². The van der Waals surface area contributed by atoms with Crippen LogP contribution in [-0.4, -0.2) is 18.3 Å². The Kier molecular flexibility index (Phi) is 2.80. The van der Waals surface area contributed by atoms with Crippen LogP contribution in [0.5, 0.6) is 0 Å². The molecule has 0 saturated carbocycles. The summed E-state index contributed by atoms with van der Waals surface area (Å²) in [5, 5.41) is 0. The standard InChI is InChI=1S/C21H33BO2/c1-17(2)15-12-11-14(13-16(15)18(3,4)19(17,5)6)22-23-20(7,8)21(9,10)24-22/h11-13H,1-10H3/i11D,12D,13D. The van der Waals surface area contributed by atoms with E-state index in [2.05, 4.69) is 41.5 Å². The SMILES string of the molecule is [2H]c1c([2H])c2c(c([2H])c1B1OC(C)(C)C(C)(C)O1)C(C)(C)C(C)(C)C2(C)C. The third kappa shape index (κ3) is 2.04. The highest BCUT2D eigenvalue weighted by Crippen LogP contribution is 2.61. The number of fused-ring (bicyclic) bond motifs is 1. The Bertz CT molecular complexity index is 809. The summed E-state index contributed by atoms with van der Waals surface area (Å²) in [6.07, 6.45) is 0. The predicted molar refractivity (Wildman–Crippen MR) is 102 cm³/mol. The van der Waals surface area contributed by atoms with Gasteiger partial charge in [-0.25, -0.2) is 0 Å². The van der Waals surface area contributed by atoms with E-state index in [0.29, 0.717) is 11.5 Å². The lowest BCUT2D eigenvalue weighted by Gasteiger charge is -2.44. The fourth-order valence-corrected chi connectivity index (χ4v) is 3.84. The van der Waals surface area contributed by atoms with E-state index in [-0.39, 0.29) is 28.3 Å². The Morgan fingerprint density at radius 1 is 0.750 bits per heavy atom. The van der Waals surface area contributed by atoms with Crippen molar-refractivity contribution in [1.29, 1.82) is 0 Å². The molecule has 2 nitrogen and oxygen atoms in total. The van der Waals surface area contributed by atoms with Crippen molar-refractivity contribution in [3.8, 4) is 0 Å². The first kappa shape index (κ1) is 14.4. The molecular formula is C21H33BO2. The smallest absolute Gasteiger partial charge is 0.399 e. The maximum atomic E-state index is 9.03. The Morgan fingerprint density at radius 3 is 1.71 bits per heavy atom. The molecule has 0 amide bonds. The van der Waals surface area contributed by atoms with Crippen LogP contribution >= 0.6 is 0 Å². The fraction of sp³-hybridized carbons (Fsp3) is 0.714. The number of rotatable bonds is 1. The summed E-state index contributed by atoms with van der Waals surface area (Å²) in [5.41, 5.74) is 0.176. The van der Waals surface area contributed by atoms with Crippen molar-refractivity contribution in [2.24, 2.45) is 5.41 Å². The molecule has 1 aromatic carbocycles. The van der Waals surface area contributed by atoms with Gasteiger partial charge >= 0.3 is 7.12 Å². The van der Waals surface area contributed by atoms with Gasteiger partial charge in [0.15, 0.2) is 0 Å². The zero-order chi connectivity index (χ0) is 21.0. The third-order valence-corrected chi connectivity index (χ3v) is 7.70. The molecule has 3 heteroatoms. The minimum atomic E-state index is -0.799. The highest BCUT2D eigenvalue weighted by atomic mass is 16.7. The molecule has 0 spiro atoms. The predicted octanol–water partition coefficient (Wildman–Crippen LogP) is 4.58. The summed E-state index contributed by atoms with van der Waals surface area (Å²) in [6, 6.07) is 0.557. The molecular weight excluding hydrogens is 295 g/mol. The van der Waals surface area contributed by atoms with E-state index in [1.165, 1.54) is 0 Å². The molecule has 0 radical (unpaired) electrons. The molecule has 1 saturated heterocycles. The number of hydrogen-bond donors (Lipinski definition) is 0. The average Bonchev–Trinajstić information content (AvgIpc) is 2.75. The van der Waals surface area contributed by atoms with Gasteiger partial charge in [0, 0.05) is 0 Å². The van der Waals surface area contributed by atoms with Crippen LogP contribution in [0, 0.1) is 5.41 Å². The first-order valence-corrected chi connectivity index (χ1v) is 8.92. The summed E-state index contributed by atoms with van der Waals surface area (Å²) < 4.78 is 38.8. The number of benzene rings is 1. The van der Waals surface area contributed by atoms with Crippen LogP contribution in [0.4, 0.5) is 0 Å². The Morgan fingerprint density at radius 2 is 1.21 bits per heavy atom. The second-order valence-electron chi connectivity index (χ2n) is 10.0. The molecule has 1 fully saturated rings. The average molecular weight is 331 g/mol. The monoisotopic (exact) mass is 331 g/mol. The van der Waals surface area contributed by atoms with Gasteiger partial charge in [-0.2, -0.15) is 0 Å². The van der Waals surface area contributed by atoms with E-state index in [0.717, 1.165) is 11.1 Å². The third-order valence-electron chi connectivity index (χ3n) is 7.70. The van der Waals surface area contributed by atoms with Gasteiger partial charge < -0.3 is 9.31 Å². The molecule has 0 aromatic heterocycles. The van der Waals surface area contributed by atoms with Crippen LogP contribution in [0.3, 0.4) is 0 Å². The van der Waals surface area contributed by atoms with Crippen LogP contribution < -0.4 is 5.46 Å². The summed E-state index contributed by atoms with van der Waals surface area (Å²) in [5.74, 6) is 0. The van der Waals surface area contributed by atoms with E-state index in [4.69, 9.17) is 13.4 Å². The van der Waals surface area contributed by atoms with Crippen LogP contribution in [0.25, 0.3) is 0 Å². The lowest BCUT2D eigenvalue weighted by atomic mass is 9.59. The minimum Gasteiger partial charge on any atom is -0.399 e. The van der Waals surface area contributed by atoms with Crippen LogP contribution in [0.1, 0.15) is 84.5 Å². The van der Waals surface area contributed by atoms with Gasteiger partial charge in [0.1, 0.15) is 0 Å². The molecule has 1 heterocycles. The van der Waals surface area contributed by atoms with Gasteiger partial charge in [-0.1, -0.05) is 59.7 Å². The molecule has 24 heavy (non-hydrogen) atoms. The van der Waals surface area contributed by atoms with Gasteiger partial charge in [-0.3, -0.25) is 0 Å². The Hall–Kier alpha value is -0.795. The highest BCUT2D eigenvalue weighted by molar-refractivity contribution is 6.62. The molecule has 3 rings (SSSR count). The van der Waals surface area contributed by atoms with Crippen LogP contribution in [0.2, 0.25) is 0 Å². The normalized spacial score (nSPS) is 29.8. The van der Waals surface area contributed by atoms with Crippen LogP contribution in [-0.2, 0) is 20.1 Å². The van der Waals surface area contributed by atoms with Crippen molar-refractivity contribution in [3.05, 3.63) is 29.3 Å². The molecule has 132 valence electrons. The molecule has 1 aromatic rings. The van der Waals surface area contributed by atoms with Gasteiger partial charge in [0.2, 0.25) is 0 Å². The molecule has 1 aliphatic carbocycles. The number of hydrogen-bond acceptors (Lipinski definition) is 2. The van der Waals surface area contributed by atoms with Crippen molar-refractivity contribution in [1.82, 2.24) is 0 Å². The molecule has 2 aliphatic rings. The lowest BCUT2D eigenvalue weighted by Crippen LogP contribution is -2.42. The highest BCUT2D eigenvalue weighted by Gasteiger charge is 2.57. The van der Waals surface area contributed by atoms with Gasteiger partial charge in [0.05, 0.1) is 15.3 Å². The first-order valence-electron chi connectivity index (χ1n) is 10.4. The molecule has 1 aliphatic heterocycles. The minimum absolute atomic E-state index is 0.0545. The molecule has 0 atom stereocenters. The van der Waals surface area contributed by atoms with Crippen molar-refractivity contribution in [2.45, 2.75) is 91.3 Å². The summed E-state index contributed by atoms with van der Waals surface area (Å²) in [7, 11) is -0.799. The van der Waals surface area contributed by atoms with Crippen molar-refractivity contribution < 1.29 is 13.4 Å². The lowest BCUT2D eigenvalue weighted by molar-refractivity contribution is 0.00578. The maximum absolute atomic E-state index is 9.03. The summed E-state index contributed by atoms with van der Waals surface area (Å²) in [4.78, 5) is 0. The van der Waals surface area contributed by atoms with Gasteiger partial charge in [0.25, 0.3) is 0 Å². The zero-order valence-corrected chi connectivity index (χ0v) is 16.9. The Labute approximate surface area is 152 Å². The second-order valence-corrected chi connectivity index (χ2v) is 10.0. The Balaban J connectivity index is 2.31. The molecule has 0 N–H and O–H groups in total. The summed E-state index contributed by atoms with van der Waals surface area (Å²) in [6.45, 7) is 20.8. The topological polar surface area (TPSA) is 18.5 Å². The van der Waals surface area contributed by atoms with Crippen LogP contribution in [0.15, 0.2) is 18.1 Å². The summed E-state index contributed by atoms with van der Waals surface area (Å²) >= 11 is 0. The zero-order valence-electron chi connectivity index (χ0n) is 19.9. The van der Waals surface area contributed by atoms with E-state index in [1.807, 2.05) is 27.7 Å². The van der Waals surface area contributed by atoms with E-state index < -0.39 is 18.3 Å². The van der Waals surface area contributed by atoms with Crippen molar-refractivity contribution >= 4 is 12.6 Å². The van der Waals surface area contributed by atoms with Crippen molar-refractivity contribution in [2.75, 3.05) is 0 Å². The van der Waals surface area contributed by atoms with Gasteiger partial charge in [-0.15, -0.1) is 0 Å². The molecule has 0 bridgehead atoms. The molecule has 0 unspecified atom stereocenters. The van der Waals surface area contributed by atoms with Gasteiger partial charge in [-0.05, 0) is 60.5 Å². The second kappa shape index (κ2) is 4.68. The van der Waals surface area contributed by atoms with E-state index in [9.17, 15) is 0 Å². The fourth-order valence-electron chi connectivity index (χ4n) is 3.84. The van der Waals surface area contributed by atoms with E-state index in [1.54, 1.807) is 0 Å².